The predicted octanol–water partition coefficient (Wildman–Crippen LogP) is 2.14. The highest BCUT2D eigenvalue weighted by atomic mass is 16.1. The van der Waals surface area contributed by atoms with Crippen LogP contribution in [0.15, 0.2) is 18.3 Å². The third kappa shape index (κ3) is 4.98. The molecule has 0 saturated heterocycles. The monoisotopic (exact) mass is 314 g/mol. The van der Waals surface area contributed by atoms with Crippen LogP contribution in [0.5, 0.6) is 0 Å². The number of amides is 1. The molecule has 2 N–H and O–H groups in total. The zero-order valence-electron chi connectivity index (χ0n) is 13.8. The summed E-state index contributed by atoms with van der Waals surface area (Å²) < 4.78 is 0. The first-order chi connectivity index (χ1) is 11.1. The number of hydrogen-bond donors (Lipinski definition) is 2. The van der Waals surface area contributed by atoms with Crippen LogP contribution < -0.4 is 10.6 Å². The third-order valence-electron chi connectivity index (χ3n) is 3.32. The largest absolute Gasteiger partial charge is 0.352 e. The van der Waals surface area contributed by atoms with E-state index in [-0.39, 0.29) is 5.91 Å². The molecule has 7 heteroatoms. The molecule has 0 radical (unpaired) electrons. The molecule has 7 nitrogen and oxygen atoms in total. The van der Waals surface area contributed by atoms with E-state index in [0.29, 0.717) is 24.7 Å². The summed E-state index contributed by atoms with van der Waals surface area (Å²) in [5, 5.41) is 14.0. The van der Waals surface area contributed by atoms with E-state index in [4.69, 9.17) is 0 Å². The van der Waals surface area contributed by atoms with Crippen LogP contribution in [0.4, 0.5) is 11.8 Å². The van der Waals surface area contributed by atoms with Crippen LogP contribution >= 0.6 is 0 Å². The van der Waals surface area contributed by atoms with Gasteiger partial charge in [-0.1, -0.05) is 19.9 Å². The second-order valence-electron chi connectivity index (χ2n) is 5.18. The molecule has 0 aliphatic carbocycles. The summed E-state index contributed by atoms with van der Waals surface area (Å²) in [5.41, 5.74) is 2.91. The summed E-state index contributed by atoms with van der Waals surface area (Å²) in [7, 11) is 0. The van der Waals surface area contributed by atoms with Crippen molar-refractivity contribution in [3.05, 3.63) is 35.3 Å². The quantitative estimate of drug-likeness (QED) is 0.813. The lowest BCUT2D eigenvalue weighted by Crippen LogP contribution is -2.18. The molecular weight excluding hydrogens is 292 g/mol. The number of nitrogens with zero attached hydrogens (tertiary/aromatic N) is 4. The average molecular weight is 314 g/mol. The van der Waals surface area contributed by atoms with Crippen LogP contribution in [0.2, 0.25) is 0 Å². The zero-order chi connectivity index (χ0) is 16.7. The second kappa shape index (κ2) is 8.17. The number of carbonyl (C=O) groups is 1. The van der Waals surface area contributed by atoms with E-state index in [2.05, 4.69) is 30.8 Å². The molecule has 0 saturated carbocycles. The van der Waals surface area contributed by atoms with Crippen LogP contribution in [0.3, 0.4) is 0 Å². The van der Waals surface area contributed by atoms with Gasteiger partial charge in [-0.2, -0.15) is 5.10 Å². The lowest BCUT2D eigenvalue weighted by Gasteiger charge is -2.08. The van der Waals surface area contributed by atoms with Crippen molar-refractivity contribution in [2.45, 2.75) is 40.0 Å². The Bertz CT molecular complexity index is 656. The Morgan fingerprint density at radius 3 is 2.57 bits per heavy atom. The van der Waals surface area contributed by atoms with Crippen LogP contribution in [0.25, 0.3) is 0 Å². The van der Waals surface area contributed by atoms with E-state index in [1.807, 2.05) is 26.8 Å². The van der Waals surface area contributed by atoms with Gasteiger partial charge < -0.3 is 10.6 Å². The van der Waals surface area contributed by atoms with Gasteiger partial charge in [0.15, 0.2) is 0 Å². The first-order valence-electron chi connectivity index (χ1n) is 7.81. The highest BCUT2D eigenvalue weighted by Gasteiger charge is 2.07. The van der Waals surface area contributed by atoms with E-state index in [1.54, 1.807) is 12.3 Å². The maximum atomic E-state index is 11.9. The van der Waals surface area contributed by atoms with Gasteiger partial charge in [0.05, 0.1) is 11.4 Å². The molecule has 0 spiro atoms. The number of nitrogens with one attached hydrogen (secondary N) is 2. The van der Waals surface area contributed by atoms with E-state index >= 15 is 0 Å². The zero-order valence-corrected chi connectivity index (χ0v) is 13.8. The van der Waals surface area contributed by atoms with Crippen molar-refractivity contribution in [1.82, 2.24) is 20.2 Å². The minimum atomic E-state index is -0.109. The minimum absolute atomic E-state index is 0.109. The summed E-state index contributed by atoms with van der Waals surface area (Å²) in [6.45, 7) is 6.45. The predicted molar refractivity (Wildman–Crippen MR) is 89.3 cm³/mol. The van der Waals surface area contributed by atoms with Gasteiger partial charge >= 0.3 is 0 Å². The maximum Gasteiger partial charge on any atom is 0.242 e. The van der Waals surface area contributed by atoms with Crippen molar-refractivity contribution < 1.29 is 4.79 Å². The van der Waals surface area contributed by atoms with Gasteiger partial charge in [0.1, 0.15) is 5.82 Å². The van der Waals surface area contributed by atoms with Gasteiger partial charge in [0.25, 0.3) is 0 Å². The Hall–Kier alpha value is -2.57. The van der Waals surface area contributed by atoms with Gasteiger partial charge in [-0.05, 0) is 31.4 Å². The molecule has 2 rings (SSSR count). The number of pyridine rings is 1. The lowest BCUT2D eigenvalue weighted by molar-refractivity contribution is -0.116. The Morgan fingerprint density at radius 1 is 1.13 bits per heavy atom. The number of carbonyl (C=O) groups excluding carboxylic acids is 1. The number of aromatic nitrogens is 4. The van der Waals surface area contributed by atoms with Crippen molar-refractivity contribution >= 4 is 17.7 Å². The van der Waals surface area contributed by atoms with E-state index in [0.717, 1.165) is 29.8 Å². The molecule has 122 valence electrons. The molecular formula is C16H22N6O. The first kappa shape index (κ1) is 16.8. The standard InChI is InChI=1S/C16H22N6O/c1-4-12-13(5-2)21-22-16(19-12)17-9-8-15(23)20-14-7-6-11(3)10-18-14/h6-7,10H,4-5,8-9H2,1-3H3,(H,17,19,22)(H,18,20,23). The third-order valence-corrected chi connectivity index (χ3v) is 3.32. The van der Waals surface area contributed by atoms with Crippen molar-refractivity contribution in [2.24, 2.45) is 0 Å². The molecule has 0 aromatic carbocycles. The van der Waals surface area contributed by atoms with Crippen molar-refractivity contribution in [3.63, 3.8) is 0 Å². The molecule has 0 fully saturated rings. The summed E-state index contributed by atoms with van der Waals surface area (Å²) in [6, 6.07) is 3.69. The highest BCUT2D eigenvalue weighted by molar-refractivity contribution is 5.89. The second-order valence-corrected chi connectivity index (χ2v) is 5.18. The molecule has 0 atom stereocenters. The van der Waals surface area contributed by atoms with Gasteiger partial charge in [-0.3, -0.25) is 4.79 Å². The lowest BCUT2D eigenvalue weighted by atomic mass is 10.2. The molecule has 23 heavy (non-hydrogen) atoms. The maximum absolute atomic E-state index is 11.9. The van der Waals surface area contributed by atoms with E-state index < -0.39 is 0 Å². The van der Waals surface area contributed by atoms with E-state index in [1.165, 1.54) is 0 Å². The number of anilines is 2. The summed E-state index contributed by atoms with van der Waals surface area (Å²) in [4.78, 5) is 20.4. The Morgan fingerprint density at radius 2 is 1.91 bits per heavy atom. The van der Waals surface area contributed by atoms with Crippen LogP contribution in [-0.4, -0.2) is 32.6 Å². The molecule has 0 bridgehead atoms. The van der Waals surface area contributed by atoms with Crippen LogP contribution in [0, 0.1) is 6.92 Å². The molecule has 0 unspecified atom stereocenters. The van der Waals surface area contributed by atoms with Gasteiger partial charge in [0, 0.05) is 19.2 Å². The normalized spacial score (nSPS) is 10.4. The van der Waals surface area contributed by atoms with Crippen molar-refractivity contribution in [3.8, 4) is 0 Å². The summed E-state index contributed by atoms with van der Waals surface area (Å²) in [6.07, 6.45) is 3.65. The smallest absolute Gasteiger partial charge is 0.242 e. The Balaban J connectivity index is 1.82. The minimum Gasteiger partial charge on any atom is -0.352 e. The van der Waals surface area contributed by atoms with Gasteiger partial charge in [-0.25, -0.2) is 9.97 Å². The SMILES string of the molecule is CCc1nnc(NCCC(=O)Nc2ccc(C)cn2)nc1CC. The van der Waals surface area contributed by atoms with Gasteiger partial charge in [0.2, 0.25) is 11.9 Å². The average Bonchev–Trinajstić information content (AvgIpc) is 2.56. The molecule has 2 heterocycles. The fourth-order valence-corrected chi connectivity index (χ4v) is 2.05. The Kier molecular flexibility index (Phi) is 5.96. The molecule has 2 aromatic heterocycles. The molecule has 1 amide bonds. The molecule has 0 aliphatic rings. The fraction of sp³-hybridized carbons (Fsp3) is 0.438. The topological polar surface area (TPSA) is 92.7 Å². The number of rotatable bonds is 7. The number of aryl methyl sites for hydroxylation is 3. The summed E-state index contributed by atoms with van der Waals surface area (Å²) >= 11 is 0. The molecule has 0 aliphatic heterocycles. The van der Waals surface area contributed by atoms with Crippen molar-refractivity contribution in [1.29, 1.82) is 0 Å². The van der Waals surface area contributed by atoms with Gasteiger partial charge in [-0.15, -0.1) is 5.10 Å². The Labute approximate surface area is 136 Å². The summed E-state index contributed by atoms with van der Waals surface area (Å²) in [5.74, 6) is 0.905. The molecule has 2 aromatic rings. The van der Waals surface area contributed by atoms with Crippen molar-refractivity contribution in [2.75, 3.05) is 17.2 Å². The van der Waals surface area contributed by atoms with E-state index in [9.17, 15) is 4.79 Å². The van der Waals surface area contributed by atoms with Crippen LogP contribution in [0.1, 0.15) is 37.2 Å². The van der Waals surface area contributed by atoms with Crippen LogP contribution in [-0.2, 0) is 17.6 Å². The number of hydrogen-bond acceptors (Lipinski definition) is 6. The first-order valence-corrected chi connectivity index (χ1v) is 7.81. The highest BCUT2D eigenvalue weighted by Crippen LogP contribution is 2.07. The fourth-order valence-electron chi connectivity index (χ4n) is 2.05.